The van der Waals surface area contributed by atoms with Crippen LogP contribution in [0.3, 0.4) is 0 Å². The first-order valence-corrected chi connectivity index (χ1v) is 9.26. The topological polar surface area (TPSA) is 107 Å². The van der Waals surface area contributed by atoms with Crippen molar-refractivity contribution in [3.05, 3.63) is 47.7 Å². The SMILES string of the molecule is COCCNS(=O)(=O)c1ccc(C)c(C(=O)Nc2ccc(OC)nc2)c1. The number of carbonyl (C=O) groups excluding carboxylic acids is 1. The number of aromatic nitrogens is 1. The van der Waals surface area contributed by atoms with Crippen LogP contribution in [0.5, 0.6) is 5.88 Å². The fraction of sp³-hybridized carbons (Fsp3) is 0.294. The van der Waals surface area contributed by atoms with Gasteiger partial charge in [0.1, 0.15) is 0 Å². The molecule has 9 heteroatoms. The van der Waals surface area contributed by atoms with Crippen LogP contribution < -0.4 is 14.8 Å². The summed E-state index contributed by atoms with van der Waals surface area (Å²) in [6, 6.07) is 7.65. The van der Waals surface area contributed by atoms with E-state index in [1.54, 1.807) is 25.1 Å². The smallest absolute Gasteiger partial charge is 0.256 e. The van der Waals surface area contributed by atoms with Gasteiger partial charge in [0, 0.05) is 25.3 Å². The van der Waals surface area contributed by atoms with Crippen molar-refractivity contribution in [1.82, 2.24) is 9.71 Å². The molecule has 1 amide bonds. The van der Waals surface area contributed by atoms with Crippen LogP contribution in [0, 0.1) is 6.92 Å². The van der Waals surface area contributed by atoms with Crippen LogP contribution in [0.2, 0.25) is 0 Å². The molecule has 0 atom stereocenters. The second-order valence-electron chi connectivity index (χ2n) is 5.41. The summed E-state index contributed by atoms with van der Waals surface area (Å²) in [6.45, 7) is 2.13. The number of rotatable bonds is 8. The molecule has 0 saturated carbocycles. The summed E-state index contributed by atoms with van der Waals surface area (Å²) in [5.74, 6) is -0.00203. The molecule has 2 N–H and O–H groups in total. The number of aryl methyl sites for hydroxylation is 1. The molecule has 1 aromatic carbocycles. The number of sulfonamides is 1. The third-order valence-corrected chi connectivity index (χ3v) is 5.02. The van der Waals surface area contributed by atoms with Crippen molar-refractivity contribution in [2.24, 2.45) is 0 Å². The van der Waals surface area contributed by atoms with E-state index in [1.807, 2.05) is 0 Å². The molecule has 1 heterocycles. The highest BCUT2D eigenvalue weighted by Crippen LogP contribution is 2.18. The van der Waals surface area contributed by atoms with Gasteiger partial charge in [-0.15, -0.1) is 0 Å². The third kappa shape index (κ3) is 5.01. The van der Waals surface area contributed by atoms with Gasteiger partial charge in [-0.25, -0.2) is 18.1 Å². The highest BCUT2D eigenvalue weighted by molar-refractivity contribution is 7.89. The fourth-order valence-corrected chi connectivity index (χ4v) is 3.19. The lowest BCUT2D eigenvalue weighted by molar-refractivity contribution is 0.102. The van der Waals surface area contributed by atoms with Crippen molar-refractivity contribution >= 4 is 21.6 Å². The van der Waals surface area contributed by atoms with Gasteiger partial charge in [0.05, 0.1) is 30.5 Å². The van der Waals surface area contributed by atoms with Crippen molar-refractivity contribution in [3.8, 4) is 5.88 Å². The summed E-state index contributed by atoms with van der Waals surface area (Å²) in [7, 11) is -0.747. The van der Waals surface area contributed by atoms with E-state index in [0.29, 0.717) is 17.1 Å². The molecule has 0 radical (unpaired) electrons. The second-order valence-corrected chi connectivity index (χ2v) is 7.18. The molecule has 0 fully saturated rings. The molecule has 1 aromatic heterocycles. The van der Waals surface area contributed by atoms with Gasteiger partial charge < -0.3 is 14.8 Å². The number of carbonyl (C=O) groups is 1. The van der Waals surface area contributed by atoms with Crippen molar-refractivity contribution in [2.75, 3.05) is 32.7 Å². The number of ether oxygens (including phenoxy) is 2. The van der Waals surface area contributed by atoms with E-state index in [2.05, 4.69) is 15.0 Å². The lowest BCUT2D eigenvalue weighted by atomic mass is 10.1. The minimum absolute atomic E-state index is 0.0113. The van der Waals surface area contributed by atoms with Gasteiger partial charge in [0.15, 0.2) is 0 Å². The first kappa shape index (κ1) is 19.8. The molecule has 0 aliphatic carbocycles. The van der Waals surface area contributed by atoms with Crippen LogP contribution in [0.1, 0.15) is 15.9 Å². The number of anilines is 1. The number of hydrogen-bond acceptors (Lipinski definition) is 6. The summed E-state index contributed by atoms with van der Waals surface area (Å²) in [6.07, 6.45) is 1.46. The summed E-state index contributed by atoms with van der Waals surface area (Å²) in [5.41, 5.74) is 1.39. The molecule has 0 saturated heterocycles. The third-order valence-electron chi connectivity index (χ3n) is 3.57. The van der Waals surface area contributed by atoms with Crippen molar-refractivity contribution < 1.29 is 22.7 Å². The highest BCUT2D eigenvalue weighted by atomic mass is 32.2. The van der Waals surface area contributed by atoms with Crippen LogP contribution in [0.15, 0.2) is 41.4 Å². The van der Waals surface area contributed by atoms with Crippen LogP contribution in [-0.2, 0) is 14.8 Å². The Labute approximate surface area is 152 Å². The maximum atomic E-state index is 12.5. The summed E-state index contributed by atoms with van der Waals surface area (Å²) < 4.78 is 36.8. The molecule has 2 rings (SSSR count). The second kappa shape index (κ2) is 8.75. The van der Waals surface area contributed by atoms with Gasteiger partial charge in [-0.2, -0.15) is 0 Å². The number of benzene rings is 1. The molecular weight excluding hydrogens is 358 g/mol. The van der Waals surface area contributed by atoms with E-state index in [-0.39, 0.29) is 23.6 Å². The Morgan fingerprint density at radius 3 is 2.58 bits per heavy atom. The van der Waals surface area contributed by atoms with Gasteiger partial charge in [-0.3, -0.25) is 4.79 Å². The van der Waals surface area contributed by atoms with E-state index in [0.717, 1.165) is 0 Å². The number of nitrogens with zero attached hydrogens (tertiary/aromatic N) is 1. The standard InChI is InChI=1S/C17H21N3O5S/c1-12-4-6-14(26(22,23)19-8-9-24-2)10-15(12)17(21)20-13-5-7-16(25-3)18-11-13/h4-7,10-11,19H,8-9H2,1-3H3,(H,20,21). The zero-order valence-electron chi connectivity index (χ0n) is 14.8. The molecule has 0 aliphatic rings. The maximum Gasteiger partial charge on any atom is 0.256 e. The van der Waals surface area contributed by atoms with Crippen molar-refractivity contribution in [3.63, 3.8) is 0 Å². The lowest BCUT2D eigenvalue weighted by Gasteiger charge is -2.11. The van der Waals surface area contributed by atoms with Crippen molar-refractivity contribution in [2.45, 2.75) is 11.8 Å². The predicted molar refractivity (Wildman–Crippen MR) is 97.0 cm³/mol. The quantitative estimate of drug-likeness (QED) is 0.675. The Morgan fingerprint density at radius 1 is 1.19 bits per heavy atom. The molecule has 26 heavy (non-hydrogen) atoms. The number of nitrogens with one attached hydrogen (secondary N) is 2. The first-order chi connectivity index (χ1) is 12.4. The molecular formula is C17H21N3O5S. The molecule has 140 valence electrons. The lowest BCUT2D eigenvalue weighted by Crippen LogP contribution is -2.27. The van der Waals surface area contributed by atoms with Gasteiger partial charge in [-0.05, 0) is 30.7 Å². The highest BCUT2D eigenvalue weighted by Gasteiger charge is 2.18. The van der Waals surface area contributed by atoms with Crippen LogP contribution in [-0.4, -0.2) is 46.7 Å². The van der Waals surface area contributed by atoms with Crippen LogP contribution >= 0.6 is 0 Å². The van der Waals surface area contributed by atoms with Gasteiger partial charge in [0.25, 0.3) is 5.91 Å². The molecule has 8 nitrogen and oxygen atoms in total. The Morgan fingerprint density at radius 2 is 1.96 bits per heavy atom. The number of methoxy groups -OCH3 is 2. The average Bonchev–Trinajstić information content (AvgIpc) is 2.62. The monoisotopic (exact) mass is 379 g/mol. The zero-order valence-corrected chi connectivity index (χ0v) is 15.6. The Kier molecular flexibility index (Phi) is 6.67. The predicted octanol–water partition coefficient (Wildman–Crippen LogP) is 1.58. The first-order valence-electron chi connectivity index (χ1n) is 7.78. The maximum absolute atomic E-state index is 12.5. The Hall–Kier alpha value is -2.49. The number of hydrogen-bond donors (Lipinski definition) is 2. The molecule has 0 bridgehead atoms. The van der Waals surface area contributed by atoms with Gasteiger partial charge in [0.2, 0.25) is 15.9 Å². The molecule has 0 spiro atoms. The average molecular weight is 379 g/mol. The normalized spacial score (nSPS) is 11.2. The molecule has 0 aliphatic heterocycles. The van der Waals surface area contributed by atoms with Gasteiger partial charge >= 0.3 is 0 Å². The van der Waals surface area contributed by atoms with E-state index >= 15 is 0 Å². The van der Waals surface area contributed by atoms with Crippen molar-refractivity contribution in [1.29, 1.82) is 0 Å². The summed E-state index contributed by atoms with van der Waals surface area (Å²) >= 11 is 0. The number of pyridine rings is 1. The summed E-state index contributed by atoms with van der Waals surface area (Å²) in [4.78, 5) is 16.5. The zero-order chi connectivity index (χ0) is 19.2. The fourth-order valence-electron chi connectivity index (χ4n) is 2.15. The Balaban J connectivity index is 2.21. The largest absolute Gasteiger partial charge is 0.481 e. The minimum atomic E-state index is -3.73. The Bertz CT molecular complexity index is 866. The van der Waals surface area contributed by atoms with Crippen LogP contribution in [0.4, 0.5) is 5.69 Å². The van der Waals surface area contributed by atoms with Gasteiger partial charge in [-0.1, -0.05) is 6.07 Å². The summed E-state index contributed by atoms with van der Waals surface area (Å²) in [5, 5.41) is 2.69. The minimum Gasteiger partial charge on any atom is -0.481 e. The van der Waals surface area contributed by atoms with E-state index in [1.165, 1.54) is 32.5 Å². The van der Waals surface area contributed by atoms with E-state index in [9.17, 15) is 13.2 Å². The van der Waals surface area contributed by atoms with E-state index < -0.39 is 15.9 Å². The number of amides is 1. The van der Waals surface area contributed by atoms with Crippen LogP contribution in [0.25, 0.3) is 0 Å². The van der Waals surface area contributed by atoms with E-state index in [4.69, 9.17) is 9.47 Å². The molecule has 2 aromatic rings. The molecule has 0 unspecified atom stereocenters.